The zero-order valence-corrected chi connectivity index (χ0v) is 13.0. The highest BCUT2D eigenvalue weighted by atomic mass is 79.9. The molecule has 0 bridgehead atoms. The number of hydrogen-bond acceptors (Lipinski definition) is 2. The molecule has 5 heteroatoms. The molecule has 0 fully saturated rings. The summed E-state index contributed by atoms with van der Waals surface area (Å²) in [5.74, 6) is -0.346. The monoisotopic (exact) mass is 352 g/mol. The maximum Gasteiger partial charge on any atom is 0.221 e. The number of carbonyl (C=O) groups is 1. The molecule has 2 aromatic carbocycles. The number of primary amides is 1. The molecule has 0 aliphatic rings. The van der Waals surface area contributed by atoms with Gasteiger partial charge in [0, 0.05) is 21.7 Å². The van der Waals surface area contributed by atoms with Gasteiger partial charge in [-0.05, 0) is 29.3 Å². The van der Waals surface area contributed by atoms with Gasteiger partial charge in [0.1, 0.15) is 0 Å². The van der Waals surface area contributed by atoms with Crippen molar-refractivity contribution in [1.82, 2.24) is 0 Å². The van der Waals surface area contributed by atoms with Crippen LogP contribution in [0.2, 0.25) is 5.02 Å². The molecule has 1 amide bonds. The summed E-state index contributed by atoms with van der Waals surface area (Å²) < 4.78 is 0.945. The van der Waals surface area contributed by atoms with Gasteiger partial charge < -0.3 is 11.1 Å². The van der Waals surface area contributed by atoms with E-state index in [-0.39, 0.29) is 12.3 Å². The number of benzene rings is 2. The molecule has 3 nitrogen and oxygen atoms in total. The second-order valence-corrected chi connectivity index (χ2v) is 5.71. The van der Waals surface area contributed by atoms with E-state index in [9.17, 15) is 4.79 Å². The molecule has 0 aliphatic carbocycles. The summed E-state index contributed by atoms with van der Waals surface area (Å²) in [5.41, 5.74) is 8.01. The van der Waals surface area contributed by atoms with Crippen LogP contribution in [0.5, 0.6) is 0 Å². The van der Waals surface area contributed by atoms with Crippen molar-refractivity contribution in [2.24, 2.45) is 5.73 Å². The van der Waals surface area contributed by atoms with Gasteiger partial charge in [-0.15, -0.1) is 0 Å². The van der Waals surface area contributed by atoms with Crippen LogP contribution in [0, 0.1) is 0 Å². The summed E-state index contributed by atoms with van der Waals surface area (Å²) in [6, 6.07) is 13.4. The molecule has 3 N–H and O–H groups in total. The van der Waals surface area contributed by atoms with Crippen LogP contribution in [0.25, 0.3) is 0 Å². The van der Waals surface area contributed by atoms with Crippen LogP contribution in [0.1, 0.15) is 11.1 Å². The summed E-state index contributed by atoms with van der Waals surface area (Å²) in [4.78, 5) is 11.1. The topological polar surface area (TPSA) is 55.1 Å². The summed E-state index contributed by atoms with van der Waals surface area (Å²) in [7, 11) is 0. The predicted molar refractivity (Wildman–Crippen MR) is 85.8 cm³/mol. The molecule has 0 saturated heterocycles. The molecule has 2 rings (SSSR count). The van der Waals surface area contributed by atoms with Crippen molar-refractivity contribution in [3.05, 3.63) is 63.1 Å². The Bertz CT molecular complexity index is 631. The third kappa shape index (κ3) is 3.99. The Kier molecular flexibility index (Phi) is 5.04. The van der Waals surface area contributed by atoms with E-state index < -0.39 is 0 Å². The number of hydrogen-bond donors (Lipinski definition) is 2. The van der Waals surface area contributed by atoms with E-state index in [1.54, 1.807) is 0 Å². The van der Waals surface area contributed by atoms with E-state index in [0.29, 0.717) is 11.6 Å². The van der Waals surface area contributed by atoms with Gasteiger partial charge in [-0.3, -0.25) is 4.79 Å². The van der Waals surface area contributed by atoms with Crippen LogP contribution < -0.4 is 11.1 Å². The van der Waals surface area contributed by atoms with Crippen LogP contribution in [0.3, 0.4) is 0 Å². The molecule has 0 radical (unpaired) electrons. The average Bonchev–Trinajstić information content (AvgIpc) is 2.39. The van der Waals surface area contributed by atoms with Crippen molar-refractivity contribution in [2.75, 3.05) is 5.32 Å². The Balaban J connectivity index is 2.12. The van der Waals surface area contributed by atoms with E-state index in [2.05, 4.69) is 21.2 Å². The highest BCUT2D eigenvalue weighted by Crippen LogP contribution is 2.23. The number of carbonyl (C=O) groups excluding carboxylic acids is 1. The third-order valence-electron chi connectivity index (χ3n) is 2.87. The van der Waals surface area contributed by atoms with Crippen LogP contribution in [0.15, 0.2) is 46.9 Å². The van der Waals surface area contributed by atoms with Gasteiger partial charge in [0.15, 0.2) is 0 Å². The molecule has 2 aromatic rings. The Morgan fingerprint density at radius 2 is 1.95 bits per heavy atom. The minimum atomic E-state index is -0.346. The Labute approximate surface area is 131 Å². The van der Waals surface area contributed by atoms with Crippen molar-refractivity contribution in [2.45, 2.75) is 13.0 Å². The number of nitrogens with one attached hydrogen (secondary N) is 1. The largest absolute Gasteiger partial charge is 0.381 e. The fraction of sp³-hybridized carbons (Fsp3) is 0.133. The van der Waals surface area contributed by atoms with Crippen LogP contribution in [0.4, 0.5) is 5.69 Å². The zero-order chi connectivity index (χ0) is 14.5. The molecule has 0 spiro atoms. The second-order valence-electron chi connectivity index (χ2n) is 4.39. The standard InChI is InChI=1S/C15H14BrClN2O/c16-12-6-5-11(13(17)8-12)9-19-14-4-2-1-3-10(14)7-15(18)20/h1-6,8,19H,7,9H2,(H2,18,20). The minimum Gasteiger partial charge on any atom is -0.381 e. The number of amides is 1. The average molecular weight is 354 g/mol. The number of para-hydroxylation sites is 1. The lowest BCUT2D eigenvalue weighted by Crippen LogP contribution is -2.15. The first-order chi connectivity index (χ1) is 9.56. The molecule has 0 aromatic heterocycles. The predicted octanol–water partition coefficient (Wildman–Crippen LogP) is 3.74. The fourth-order valence-corrected chi connectivity index (χ4v) is 2.63. The molecule has 0 atom stereocenters. The smallest absolute Gasteiger partial charge is 0.221 e. The van der Waals surface area contributed by atoms with E-state index >= 15 is 0 Å². The van der Waals surface area contributed by atoms with Crippen molar-refractivity contribution in [1.29, 1.82) is 0 Å². The summed E-state index contributed by atoms with van der Waals surface area (Å²) in [6.07, 6.45) is 0.219. The van der Waals surface area contributed by atoms with Crippen molar-refractivity contribution < 1.29 is 4.79 Å². The molecule has 0 saturated carbocycles. The first-order valence-corrected chi connectivity index (χ1v) is 7.27. The highest BCUT2D eigenvalue weighted by Gasteiger charge is 2.06. The summed E-state index contributed by atoms with van der Waals surface area (Å²) >= 11 is 9.55. The second kappa shape index (κ2) is 6.77. The van der Waals surface area contributed by atoms with Crippen LogP contribution in [-0.2, 0) is 17.8 Å². The van der Waals surface area contributed by atoms with Crippen LogP contribution in [-0.4, -0.2) is 5.91 Å². The van der Waals surface area contributed by atoms with E-state index in [0.717, 1.165) is 21.3 Å². The molecular weight excluding hydrogens is 340 g/mol. The number of halogens is 2. The Hall–Kier alpha value is -1.52. The van der Waals surface area contributed by atoms with Gasteiger partial charge >= 0.3 is 0 Å². The first-order valence-electron chi connectivity index (χ1n) is 6.10. The van der Waals surface area contributed by atoms with E-state index in [1.165, 1.54) is 0 Å². The van der Waals surface area contributed by atoms with Gasteiger partial charge in [-0.2, -0.15) is 0 Å². The lowest BCUT2D eigenvalue weighted by Gasteiger charge is -2.12. The maximum absolute atomic E-state index is 11.1. The number of anilines is 1. The van der Waals surface area contributed by atoms with Crippen LogP contribution >= 0.6 is 27.5 Å². The third-order valence-corrected chi connectivity index (χ3v) is 3.71. The Morgan fingerprint density at radius 3 is 2.65 bits per heavy atom. The lowest BCUT2D eigenvalue weighted by atomic mass is 10.1. The van der Waals surface area contributed by atoms with Gasteiger partial charge in [-0.25, -0.2) is 0 Å². The normalized spacial score (nSPS) is 10.3. The molecular formula is C15H14BrClN2O. The molecule has 20 heavy (non-hydrogen) atoms. The van der Waals surface area contributed by atoms with Gasteiger partial charge in [-0.1, -0.05) is 51.8 Å². The Morgan fingerprint density at radius 1 is 1.20 bits per heavy atom. The summed E-state index contributed by atoms with van der Waals surface area (Å²) in [5, 5.41) is 3.98. The highest BCUT2D eigenvalue weighted by molar-refractivity contribution is 9.10. The lowest BCUT2D eigenvalue weighted by molar-refractivity contribution is -0.117. The van der Waals surface area contributed by atoms with Gasteiger partial charge in [0.2, 0.25) is 5.91 Å². The number of rotatable bonds is 5. The summed E-state index contributed by atoms with van der Waals surface area (Å²) in [6.45, 7) is 0.585. The van der Waals surface area contributed by atoms with E-state index in [4.69, 9.17) is 17.3 Å². The van der Waals surface area contributed by atoms with Crippen molar-refractivity contribution in [3.63, 3.8) is 0 Å². The van der Waals surface area contributed by atoms with E-state index in [1.807, 2.05) is 42.5 Å². The first kappa shape index (κ1) is 14.9. The maximum atomic E-state index is 11.1. The molecule has 0 unspecified atom stereocenters. The fourth-order valence-electron chi connectivity index (χ4n) is 1.89. The molecule has 0 heterocycles. The zero-order valence-electron chi connectivity index (χ0n) is 10.7. The van der Waals surface area contributed by atoms with Gasteiger partial charge in [0.25, 0.3) is 0 Å². The quantitative estimate of drug-likeness (QED) is 0.860. The van der Waals surface area contributed by atoms with Gasteiger partial charge in [0.05, 0.1) is 6.42 Å². The van der Waals surface area contributed by atoms with Crippen molar-refractivity contribution >= 4 is 39.1 Å². The minimum absolute atomic E-state index is 0.219. The SMILES string of the molecule is NC(=O)Cc1ccccc1NCc1ccc(Br)cc1Cl. The van der Waals surface area contributed by atoms with Crippen molar-refractivity contribution in [3.8, 4) is 0 Å². The molecule has 104 valence electrons. The number of nitrogens with two attached hydrogens (primary N) is 1. The molecule has 0 aliphatic heterocycles.